The van der Waals surface area contributed by atoms with Gasteiger partial charge in [0.2, 0.25) is 5.78 Å². The highest BCUT2D eigenvalue weighted by molar-refractivity contribution is 6.39. The Morgan fingerprint density at radius 2 is 1.53 bits per heavy atom. The smallest absolute Gasteiger partial charge is 0.291 e. The van der Waals surface area contributed by atoms with Crippen LogP contribution >= 0.6 is 0 Å². The Morgan fingerprint density at radius 1 is 1.00 bits per heavy atom. The highest BCUT2D eigenvalue weighted by Crippen LogP contribution is 2.09. The van der Waals surface area contributed by atoms with E-state index in [0.717, 1.165) is 0 Å². The fourth-order valence-electron chi connectivity index (χ4n) is 1.01. The van der Waals surface area contributed by atoms with Gasteiger partial charge in [0, 0.05) is 18.2 Å². The predicted molar refractivity (Wildman–Crippen MR) is 55.8 cm³/mol. The monoisotopic (exact) mass is 205 g/mol. The molecular formula is C11H11NO3. The van der Waals surface area contributed by atoms with Crippen molar-refractivity contribution in [3.8, 4) is 0 Å². The molecule has 1 rings (SSSR count). The summed E-state index contributed by atoms with van der Waals surface area (Å²) < 4.78 is 0. The molecule has 0 saturated carbocycles. The molecule has 0 aliphatic heterocycles. The van der Waals surface area contributed by atoms with Gasteiger partial charge in [-0.3, -0.25) is 14.4 Å². The molecule has 0 atom stereocenters. The van der Waals surface area contributed by atoms with Crippen molar-refractivity contribution in [2.24, 2.45) is 0 Å². The fraction of sp³-hybridized carbons (Fsp3) is 0.182. The molecule has 0 aliphatic rings. The zero-order valence-corrected chi connectivity index (χ0v) is 8.53. The summed E-state index contributed by atoms with van der Waals surface area (Å²) in [5.74, 6) is -1.25. The normalized spacial score (nSPS) is 9.47. The van der Waals surface area contributed by atoms with Crippen molar-refractivity contribution >= 4 is 23.2 Å². The molecule has 0 fully saturated rings. The third-order valence-electron chi connectivity index (χ3n) is 1.87. The van der Waals surface area contributed by atoms with E-state index in [1.807, 2.05) is 0 Å². The molecule has 15 heavy (non-hydrogen) atoms. The second-order valence-corrected chi connectivity index (χ2v) is 3.14. The summed E-state index contributed by atoms with van der Waals surface area (Å²) in [7, 11) is 0. The third kappa shape index (κ3) is 3.02. The first kappa shape index (κ1) is 11.1. The molecule has 4 heteroatoms. The van der Waals surface area contributed by atoms with Gasteiger partial charge < -0.3 is 5.32 Å². The van der Waals surface area contributed by atoms with E-state index in [4.69, 9.17) is 0 Å². The lowest BCUT2D eigenvalue weighted by molar-refractivity contribution is -0.133. The van der Waals surface area contributed by atoms with Crippen LogP contribution in [0.25, 0.3) is 0 Å². The molecule has 0 aliphatic carbocycles. The van der Waals surface area contributed by atoms with E-state index in [0.29, 0.717) is 11.3 Å². The molecule has 0 spiro atoms. The number of ketones is 2. The van der Waals surface area contributed by atoms with Gasteiger partial charge in [-0.05, 0) is 31.2 Å². The topological polar surface area (TPSA) is 63.2 Å². The lowest BCUT2D eigenvalue weighted by Crippen LogP contribution is -2.19. The summed E-state index contributed by atoms with van der Waals surface area (Å²) in [5, 5.41) is 2.41. The Labute approximate surface area is 87.3 Å². The SMILES string of the molecule is CC(=O)C(=O)Nc1ccc(C(C)=O)cc1. The van der Waals surface area contributed by atoms with Gasteiger partial charge in [0.05, 0.1) is 0 Å². The van der Waals surface area contributed by atoms with Crippen LogP contribution in [0.4, 0.5) is 5.69 Å². The van der Waals surface area contributed by atoms with Crippen LogP contribution in [0, 0.1) is 0 Å². The first-order valence-electron chi connectivity index (χ1n) is 4.43. The quantitative estimate of drug-likeness (QED) is 0.599. The van der Waals surface area contributed by atoms with Crippen molar-refractivity contribution in [1.29, 1.82) is 0 Å². The Bertz CT molecular complexity index is 406. The molecule has 78 valence electrons. The number of hydrogen-bond donors (Lipinski definition) is 1. The molecule has 1 N–H and O–H groups in total. The number of carbonyl (C=O) groups is 3. The number of anilines is 1. The Kier molecular flexibility index (Phi) is 3.33. The van der Waals surface area contributed by atoms with Crippen LogP contribution < -0.4 is 5.32 Å². The highest BCUT2D eigenvalue weighted by Gasteiger charge is 2.07. The van der Waals surface area contributed by atoms with Crippen molar-refractivity contribution in [2.45, 2.75) is 13.8 Å². The number of rotatable bonds is 3. The van der Waals surface area contributed by atoms with Gasteiger partial charge >= 0.3 is 0 Å². The molecule has 0 radical (unpaired) electrons. The highest BCUT2D eigenvalue weighted by atomic mass is 16.2. The van der Waals surface area contributed by atoms with Gasteiger partial charge in [-0.1, -0.05) is 0 Å². The molecule has 0 aromatic heterocycles. The van der Waals surface area contributed by atoms with Gasteiger partial charge in [0.1, 0.15) is 0 Å². The Hall–Kier alpha value is -1.97. The standard InChI is InChI=1S/C11H11NO3/c1-7(13)9-3-5-10(6-4-9)12-11(15)8(2)14/h3-6H,1-2H3,(H,12,15). The number of amides is 1. The second kappa shape index (κ2) is 4.50. The van der Waals surface area contributed by atoms with E-state index >= 15 is 0 Å². The summed E-state index contributed by atoms with van der Waals surface area (Å²) in [5.41, 5.74) is 1.07. The maximum Gasteiger partial charge on any atom is 0.291 e. The number of carbonyl (C=O) groups excluding carboxylic acids is 3. The van der Waals surface area contributed by atoms with Crippen LogP contribution in [-0.4, -0.2) is 17.5 Å². The maximum absolute atomic E-state index is 11.0. The van der Waals surface area contributed by atoms with E-state index in [-0.39, 0.29) is 5.78 Å². The Morgan fingerprint density at radius 3 is 1.93 bits per heavy atom. The molecular weight excluding hydrogens is 194 g/mol. The van der Waals surface area contributed by atoms with Crippen molar-refractivity contribution in [2.75, 3.05) is 5.32 Å². The van der Waals surface area contributed by atoms with E-state index in [2.05, 4.69) is 5.32 Å². The summed E-state index contributed by atoms with van der Waals surface area (Å²) in [6.07, 6.45) is 0. The fourth-order valence-corrected chi connectivity index (χ4v) is 1.01. The first-order valence-corrected chi connectivity index (χ1v) is 4.43. The summed E-state index contributed by atoms with van der Waals surface area (Å²) in [6.45, 7) is 2.66. The van der Waals surface area contributed by atoms with Crippen LogP contribution in [0.1, 0.15) is 24.2 Å². The minimum absolute atomic E-state index is 0.0422. The molecule has 1 aromatic carbocycles. The van der Waals surface area contributed by atoms with E-state index in [9.17, 15) is 14.4 Å². The largest absolute Gasteiger partial charge is 0.319 e. The zero-order valence-electron chi connectivity index (χ0n) is 8.53. The van der Waals surface area contributed by atoms with Crippen molar-refractivity contribution in [3.05, 3.63) is 29.8 Å². The minimum Gasteiger partial charge on any atom is -0.319 e. The zero-order chi connectivity index (χ0) is 11.4. The van der Waals surface area contributed by atoms with Crippen molar-refractivity contribution < 1.29 is 14.4 Å². The van der Waals surface area contributed by atoms with Gasteiger partial charge in [0.25, 0.3) is 5.91 Å². The van der Waals surface area contributed by atoms with Gasteiger partial charge in [-0.25, -0.2) is 0 Å². The molecule has 0 heterocycles. The molecule has 0 unspecified atom stereocenters. The molecule has 1 amide bonds. The molecule has 0 saturated heterocycles. The summed E-state index contributed by atoms with van der Waals surface area (Å²) in [4.78, 5) is 32.6. The van der Waals surface area contributed by atoms with Gasteiger partial charge in [-0.2, -0.15) is 0 Å². The lowest BCUT2D eigenvalue weighted by Gasteiger charge is -2.02. The second-order valence-electron chi connectivity index (χ2n) is 3.14. The van der Waals surface area contributed by atoms with Crippen LogP contribution in [-0.2, 0) is 9.59 Å². The molecule has 4 nitrogen and oxygen atoms in total. The average molecular weight is 205 g/mol. The molecule has 0 bridgehead atoms. The maximum atomic E-state index is 11.0. The van der Waals surface area contributed by atoms with E-state index in [1.54, 1.807) is 24.3 Å². The van der Waals surface area contributed by atoms with Crippen LogP contribution in [0.5, 0.6) is 0 Å². The third-order valence-corrected chi connectivity index (χ3v) is 1.87. The van der Waals surface area contributed by atoms with E-state index in [1.165, 1.54) is 13.8 Å². The van der Waals surface area contributed by atoms with Crippen LogP contribution in [0.2, 0.25) is 0 Å². The first-order chi connectivity index (χ1) is 7.00. The average Bonchev–Trinajstić information content (AvgIpc) is 2.18. The molecule has 1 aromatic rings. The van der Waals surface area contributed by atoms with Crippen LogP contribution in [0.3, 0.4) is 0 Å². The predicted octanol–water partition coefficient (Wildman–Crippen LogP) is 1.42. The summed E-state index contributed by atoms with van der Waals surface area (Å²) in [6, 6.07) is 6.35. The van der Waals surface area contributed by atoms with Gasteiger partial charge in [0.15, 0.2) is 5.78 Å². The lowest BCUT2D eigenvalue weighted by atomic mass is 10.1. The number of Topliss-reactive ketones (excluding diaryl/α,β-unsaturated/α-hetero) is 2. The van der Waals surface area contributed by atoms with Crippen molar-refractivity contribution in [1.82, 2.24) is 0 Å². The van der Waals surface area contributed by atoms with Crippen molar-refractivity contribution in [3.63, 3.8) is 0 Å². The number of benzene rings is 1. The minimum atomic E-state index is -0.662. The van der Waals surface area contributed by atoms with E-state index < -0.39 is 11.7 Å². The number of nitrogens with one attached hydrogen (secondary N) is 1. The van der Waals surface area contributed by atoms with Crippen LogP contribution in [0.15, 0.2) is 24.3 Å². The Balaban J connectivity index is 2.77. The number of hydrogen-bond acceptors (Lipinski definition) is 3. The van der Waals surface area contributed by atoms with Gasteiger partial charge in [-0.15, -0.1) is 0 Å². The summed E-state index contributed by atoms with van der Waals surface area (Å²) >= 11 is 0.